The molecule has 2 aromatic carbocycles. The third-order valence-electron chi connectivity index (χ3n) is 6.23. The van der Waals surface area contributed by atoms with Gasteiger partial charge in [-0.15, -0.1) is 0 Å². The van der Waals surface area contributed by atoms with Gasteiger partial charge in [0, 0.05) is 32.2 Å². The molecule has 0 radical (unpaired) electrons. The maximum atomic E-state index is 11.3. The summed E-state index contributed by atoms with van der Waals surface area (Å²) in [6.45, 7) is 4.07. The van der Waals surface area contributed by atoms with Crippen molar-refractivity contribution in [2.24, 2.45) is 0 Å². The predicted molar refractivity (Wildman–Crippen MR) is 143 cm³/mol. The summed E-state index contributed by atoms with van der Waals surface area (Å²) < 4.78 is 10.7. The number of H-pyrrole nitrogens is 2. The molecule has 1 atom stereocenters. The first-order valence-electron chi connectivity index (χ1n) is 13.0. The number of aryl methyl sites for hydroxylation is 1. The minimum Gasteiger partial charge on any atom is -0.508 e. The molecule has 5 N–H and O–H groups in total. The molecule has 0 saturated carbocycles. The third kappa shape index (κ3) is 10.0. The van der Waals surface area contributed by atoms with Gasteiger partial charge in [-0.25, -0.2) is 4.79 Å². The monoisotopic (exact) mass is 513 g/mol. The van der Waals surface area contributed by atoms with Gasteiger partial charge in [0.25, 0.3) is 0 Å². The van der Waals surface area contributed by atoms with Gasteiger partial charge in [-0.3, -0.25) is 4.79 Å². The van der Waals surface area contributed by atoms with E-state index < -0.39 is 12.1 Å². The maximum absolute atomic E-state index is 11.3. The van der Waals surface area contributed by atoms with Gasteiger partial charge in [0.15, 0.2) is 0 Å². The van der Waals surface area contributed by atoms with Gasteiger partial charge in [0.2, 0.25) is 0 Å². The summed E-state index contributed by atoms with van der Waals surface area (Å²) >= 11 is 0. The van der Waals surface area contributed by atoms with E-state index in [1.807, 2.05) is 12.1 Å². The van der Waals surface area contributed by atoms with Crippen LogP contribution >= 0.6 is 0 Å². The van der Waals surface area contributed by atoms with Crippen molar-refractivity contribution >= 4 is 17.0 Å². The minimum atomic E-state index is -0.703. The highest BCUT2D eigenvalue weighted by atomic mass is 16.5. The van der Waals surface area contributed by atoms with E-state index in [1.165, 1.54) is 18.6 Å². The molecule has 0 aliphatic rings. The van der Waals surface area contributed by atoms with E-state index in [0.29, 0.717) is 17.7 Å². The molecule has 0 spiro atoms. The van der Waals surface area contributed by atoms with Crippen molar-refractivity contribution in [2.45, 2.75) is 64.6 Å². The minimum absolute atomic E-state index is 0.0198. The van der Waals surface area contributed by atoms with Crippen molar-refractivity contribution in [3.05, 3.63) is 63.6 Å². The summed E-state index contributed by atoms with van der Waals surface area (Å²) in [5.41, 5.74) is 3.89. The second kappa shape index (κ2) is 15.2. The number of esters is 1. The molecule has 9 heteroatoms. The fourth-order valence-corrected chi connectivity index (χ4v) is 4.14. The van der Waals surface area contributed by atoms with Crippen LogP contribution in [-0.4, -0.2) is 52.5 Å². The molecular formula is C28H39N3O6. The molecule has 1 heterocycles. The summed E-state index contributed by atoms with van der Waals surface area (Å²) in [6.07, 6.45) is 6.60. The van der Waals surface area contributed by atoms with Crippen molar-refractivity contribution < 1.29 is 24.5 Å². The second-order valence-corrected chi connectivity index (χ2v) is 9.33. The van der Waals surface area contributed by atoms with E-state index in [1.54, 1.807) is 12.1 Å². The van der Waals surface area contributed by atoms with Crippen LogP contribution in [0.15, 0.2) is 41.2 Å². The van der Waals surface area contributed by atoms with Crippen LogP contribution in [-0.2, 0) is 27.3 Å². The van der Waals surface area contributed by atoms with E-state index in [0.717, 1.165) is 75.7 Å². The fraction of sp³-hybridized carbons (Fsp3) is 0.500. The largest absolute Gasteiger partial charge is 0.508 e. The number of nitrogens with one attached hydrogen (secondary N) is 3. The lowest BCUT2D eigenvalue weighted by Gasteiger charge is -2.14. The summed E-state index contributed by atoms with van der Waals surface area (Å²) in [5, 5.41) is 23.6. The third-order valence-corrected chi connectivity index (χ3v) is 6.23. The number of aromatic nitrogens is 2. The van der Waals surface area contributed by atoms with Crippen LogP contribution in [0.5, 0.6) is 5.75 Å². The van der Waals surface area contributed by atoms with Crippen LogP contribution in [0, 0.1) is 0 Å². The quantitative estimate of drug-likeness (QED) is 0.137. The number of benzene rings is 2. The molecule has 9 nitrogen and oxygen atoms in total. The Balaban J connectivity index is 1.16. The van der Waals surface area contributed by atoms with E-state index in [4.69, 9.17) is 9.47 Å². The molecule has 0 unspecified atom stereocenters. The Morgan fingerprint density at radius 1 is 0.973 bits per heavy atom. The molecule has 0 aliphatic carbocycles. The zero-order chi connectivity index (χ0) is 26.5. The normalized spacial score (nSPS) is 12.2. The summed E-state index contributed by atoms with van der Waals surface area (Å²) in [5.74, 6) is -0.378. The first-order valence-corrected chi connectivity index (χ1v) is 13.0. The average Bonchev–Trinajstić information content (AvgIpc) is 3.25. The molecule has 3 aromatic rings. The van der Waals surface area contributed by atoms with Gasteiger partial charge in [-0.1, -0.05) is 25.0 Å². The number of imidazole rings is 1. The topological polar surface area (TPSA) is 137 Å². The number of hydrogen-bond acceptors (Lipinski definition) is 7. The fourth-order valence-electron chi connectivity index (χ4n) is 4.14. The van der Waals surface area contributed by atoms with Crippen molar-refractivity contribution in [3.63, 3.8) is 0 Å². The van der Waals surface area contributed by atoms with Crippen LogP contribution in [0.4, 0.5) is 0 Å². The van der Waals surface area contributed by atoms with Gasteiger partial charge in [-0.05, 0) is 74.0 Å². The van der Waals surface area contributed by atoms with Crippen LogP contribution < -0.4 is 11.0 Å². The highest BCUT2D eigenvalue weighted by Crippen LogP contribution is 2.23. The molecule has 37 heavy (non-hydrogen) atoms. The zero-order valence-electron chi connectivity index (χ0n) is 21.6. The molecule has 0 saturated heterocycles. The number of fused-ring (bicyclic) bond motifs is 1. The number of unbranched alkanes of at least 4 members (excludes halogenated alkanes) is 4. The highest BCUT2D eigenvalue weighted by Gasteiger charge is 2.11. The van der Waals surface area contributed by atoms with E-state index >= 15 is 0 Å². The standard InChI is InChI=1S/C28H39N3O6/c1-20(32)37-19-23-17-22(10-12-26(23)33)27(34)18-29-13-5-2-3-6-14-36-15-7-4-8-21-9-11-24-25(16-21)31-28(35)30-24/h9-12,16-17,27,29,33-34H,2-8,13-15,18-19H2,1H3,(H2,30,31,35)/t27-/m0/s1. The Bertz CT molecular complexity index is 1170. The first-order chi connectivity index (χ1) is 17.9. The number of ether oxygens (including phenoxy) is 2. The van der Waals surface area contributed by atoms with Crippen molar-refractivity contribution in [3.8, 4) is 5.75 Å². The summed E-state index contributed by atoms with van der Waals surface area (Å²) in [7, 11) is 0. The number of aliphatic hydroxyl groups is 1. The zero-order valence-corrected chi connectivity index (χ0v) is 21.6. The first kappa shape index (κ1) is 28.4. The molecule has 202 valence electrons. The Kier molecular flexibility index (Phi) is 11.7. The lowest BCUT2D eigenvalue weighted by atomic mass is 10.1. The molecule has 1 aromatic heterocycles. The number of rotatable bonds is 17. The lowest BCUT2D eigenvalue weighted by Crippen LogP contribution is -2.22. The smallest absolute Gasteiger partial charge is 0.323 e. The Labute approximate surface area is 217 Å². The molecule has 0 aliphatic heterocycles. The van der Waals surface area contributed by atoms with E-state index in [2.05, 4.69) is 21.4 Å². The molecule has 0 amide bonds. The van der Waals surface area contributed by atoms with Crippen LogP contribution in [0.1, 0.15) is 68.2 Å². The number of aliphatic hydroxyl groups excluding tert-OH is 1. The molecule has 3 rings (SSSR count). The number of phenolic OH excluding ortho intramolecular Hbond substituents is 1. The number of aromatic amines is 2. The number of carbonyl (C=O) groups is 1. The van der Waals surface area contributed by atoms with Crippen LogP contribution in [0.3, 0.4) is 0 Å². The van der Waals surface area contributed by atoms with E-state index in [-0.39, 0.29) is 18.0 Å². The average molecular weight is 514 g/mol. The summed E-state index contributed by atoms with van der Waals surface area (Å²) in [6, 6.07) is 10.9. The Morgan fingerprint density at radius 2 is 1.73 bits per heavy atom. The lowest BCUT2D eigenvalue weighted by molar-refractivity contribution is -0.142. The van der Waals surface area contributed by atoms with Crippen molar-refractivity contribution in [1.29, 1.82) is 0 Å². The SMILES string of the molecule is CC(=O)OCc1cc([C@@H](O)CNCCCCCCOCCCCc2ccc3[nH]c(=O)[nH]c3c2)ccc1O. The van der Waals surface area contributed by atoms with Crippen molar-refractivity contribution in [1.82, 2.24) is 15.3 Å². The number of phenols is 1. The number of aromatic hydroxyl groups is 1. The highest BCUT2D eigenvalue weighted by molar-refractivity contribution is 5.75. The van der Waals surface area contributed by atoms with Gasteiger partial charge in [-0.2, -0.15) is 0 Å². The predicted octanol–water partition coefficient (Wildman–Crippen LogP) is 3.85. The second-order valence-electron chi connectivity index (χ2n) is 9.33. The Hall–Kier alpha value is -3.14. The number of hydrogen-bond donors (Lipinski definition) is 5. The van der Waals surface area contributed by atoms with Gasteiger partial charge < -0.3 is 35.0 Å². The summed E-state index contributed by atoms with van der Waals surface area (Å²) in [4.78, 5) is 27.9. The molecular weight excluding hydrogens is 474 g/mol. The number of carbonyl (C=O) groups excluding carboxylic acids is 1. The van der Waals surface area contributed by atoms with E-state index in [9.17, 15) is 19.8 Å². The van der Waals surface area contributed by atoms with Gasteiger partial charge in [0.1, 0.15) is 12.4 Å². The van der Waals surface area contributed by atoms with Crippen LogP contribution in [0.2, 0.25) is 0 Å². The van der Waals surface area contributed by atoms with Crippen molar-refractivity contribution in [2.75, 3.05) is 26.3 Å². The molecule has 0 bridgehead atoms. The Morgan fingerprint density at radius 3 is 2.54 bits per heavy atom. The van der Waals surface area contributed by atoms with Gasteiger partial charge >= 0.3 is 11.7 Å². The maximum Gasteiger partial charge on any atom is 0.323 e. The van der Waals surface area contributed by atoms with Gasteiger partial charge in [0.05, 0.1) is 17.1 Å². The van der Waals surface area contributed by atoms with Crippen LogP contribution in [0.25, 0.3) is 11.0 Å². The molecule has 0 fully saturated rings.